The zero-order valence-corrected chi connectivity index (χ0v) is 18.7. The fourth-order valence-electron chi connectivity index (χ4n) is 5.46. The van der Waals surface area contributed by atoms with E-state index in [2.05, 4.69) is 59.5 Å². The molecule has 1 fully saturated rings. The minimum Gasteiger partial charge on any atom is -0.489 e. The van der Waals surface area contributed by atoms with Crippen LogP contribution in [0.15, 0.2) is 78.9 Å². The standard InChI is InChI=1S/C29H33NO2/c31-29-20-30(26-13-11-24(12-14-26)23-9-5-2-6-10-23)18-17-25-19-27(15-16-28(25)29)32-21-22-7-3-1-4-8-22/h1-10,15-16,19,24,26,29,31H,11-14,17-18,20-21H2/t24-,26+,29?. The quantitative estimate of drug-likeness (QED) is 0.552. The van der Waals surface area contributed by atoms with Crippen LogP contribution in [0.2, 0.25) is 0 Å². The molecule has 3 aromatic carbocycles. The Morgan fingerprint density at radius 3 is 2.31 bits per heavy atom. The Bertz CT molecular complexity index is 996. The smallest absolute Gasteiger partial charge is 0.120 e. The molecule has 0 amide bonds. The van der Waals surface area contributed by atoms with Gasteiger partial charge in [-0.2, -0.15) is 0 Å². The lowest BCUT2D eigenvalue weighted by molar-refractivity contribution is 0.0774. The average molecular weight is 428 g/mol. The van der Waals surface area contributed by atoms with Crippen LogP contribution in [-0.2, 0) is 13.0 Å². The number of benzene rings is 3. The molecule has 2 aliphatic rings. The van der Waals surface area contributed by atoms with Gasteiger partial charge in [-0.1, -0.05) is 66.7 Å². The van der Waals surface area contributed by atoms with Gasteiger partial charge in [0.2, 0.25) is 0 Å². The van der Waals surface area contributed by atoms with Crippen LogP contribution in [-0.4, -0.2) is 29.1 Å². The predicted octanol–water partition coefficient (Wildman–Crippen LogP) is 5.88. The Kier molecular flexibility index (Phi) is 6.56. The Hall–Kier alpha value is -2.62. The van der Waals surface area contributed by atoms with Crippen molar-refractivity contribution >= 4 is 0 Å². The number of β-amino-alcohol motifs (C(OH)–C–C–N with tert-alkyl or cyclic N) is 1. The van der Waals surface area contributed by atoms with Crippen LogP contribution in [0.5, 0.6) is 5.75 Å². The van der Waals surface area contributed by atoms with Crippen molar-refractivity contribution in [2.24, 2.45) is 0 Å². The molecule has 1 N–H and O–H groups in total. The first-order valence-electron chi connectivity index (χ1n) is 12.0. The molecule has 0 aromatic heterocycles. The molecule has 1 atom stereocenters. The molecule has 0 saturated heterocycles. The van der Waals surface area contributed by atoms with Crippen LogP contribution in [0.25, 0.3) is 0 Å². The number of ether oxygens (including phenoxy) is 1. The minimum atomic E-state index is -0.428. The van der Waals surface area contributed by atoms with Crippen molar-refractivity contribution in [3.05, 3.63) is 101 Å². The third-order valence-corrected chi connectivity index (χ3v) is 7.28. The number of hydrogen-bond donors (Lipinski definition) is 1. The van der Waals surface area contributed by atoms with E-state index in [1.54, 1.807) is 0 Å². The minimum absolute atomic E-state index is 0.428. The number of aliphatic hydroxyl groups is 1. The van der Waals surface area contributed by atoms with Crippen LogP contribution in [0.1, 0.15) is 60.0 Å². The van der Waals surface area contributed by atoms with Crippen molar-refractivity contribution in [1.82, 2.24) is 4.90 Å². The third kappa shape index (κ3) is 4.90. The summed E-state index contributed by atoms with van der Waals surface area (Å²) in [5.41, 5.74) is 4.94. The summed E-state index contributed by atoms with van der Waals surface area (Å²) in [5, 5.41) is 11.0. The highest BCUT2D eigenvalue weighted by Gasteiger charge is 2.30. The van der Waals surface area contributed by atoms with Crippen molar-refractivity contribution < 1.29 is 9.84 Å². The predicted molar refractivity (Wildman–Crippen MR) is 129 cm³/mol. The molecule has 3 aromatic rings. The van der Waals surface area contributed by atoms with Gasteiger partial charge in [0, 0.05) is 19.1 Å². The molecule has 1 aliphatic heterocycles. The summed E-state index contributed by atoms with van der Waals surface area (Å²) in [6.07, 6.45) is 5.45. The lowest BCUT2D eigenvalue weighted by Gasteiger charge is -2.37. The Morgan fingerprint density at radius 2 is 1.56 bits per heavy atom. The van der Waals surface area contributed by atoms with Crippen LogP contribution in [0.4, 0.5) is 0 Å². The lowest BCUT2D eigenvalue weighted by atomic mass is 9.81. The van der Waals surface area contributed by atoms with Crippen molar-refractivity contribution in [3.63, 3.8) is 0 Å². The maximum absolute atomic E-state index is 11.0. The van der Waals surface area contributed by atoms with E-state index in [-0.39, 0.29) is 0 Å². The molecule has 3 nitrogen and oxygen atoms in total. The summed E-state index contributed by atoms with van der Waals surface area (Å²) in [4.78, 5) is 2.54. The van der Waals surface area contributed by atoms with Crippen LogP contribution in [0, 0.1) is 0 Å². The van der Waals surface area contributed by atoms with Crippen molar-refractivity contribution in [3.8, 4) is 5.75 Å². The summed E-state index contributed by atoms with van der Waals surface area (Å²) in [7, 11) is 0. The van der Waals surface area contributed by atoms with Crippen LogP contribution < -0.4 is 4.74 Å². The highest BCUT2D eigenvalue weighted by molar-refractivity contribution is 5.38. The molecule has 0 bridgehead atoms. The number of nitrogens with zero attached hydrogens (tertiary/aromatic N) is 1. The topological polar surface area (TPSA) is 32.7 Å². The number of fused-ring (bicyclic) bond motifs is 1. The first-order chi connectivity index (χ1) is 15.8. The Labute approximate surface area is 191 Å². The Balaban J connectivity index is 1.20. The second kappa shape index (κ2) is 9.89. The lowest BCUT2D eigenvalue weighted by Crippen LogP contribution is -2.40. The first-order valence-corrected chi connectivity index (χ1v) is 12.0. The Morgan fingerprint density at radius 1 is 0.844 bits per heavy atom. The number of rotatable bonds is 5. The molecule has 1 saturated carbocycles. The third-order valence-electron chi connectivity index (χ3n) is 7.28. The highest BCUT2D eigenvalue weighted by atomic mass is 16.5. The largest absolute Gasteiger partial charge is 0.489 e. The van der Waals surface area contributed by atoms with Gasteiger partial charge in [0.25, 0.3) is 0 Å². The van der Waals surface area contributed by atoms with Gasteiger partial charge in [0.1, 0.15) is 12.4 Å². The van der Waals surface area contributed by atoms with E-state index in [0.29, 0.717) is 18.6 Å². The van der Waals surface area contributed by atoms with Crippen LogP contribution >= 0.6 is 0 Å². The van der Waals surface area contributed by atoms with E-state index in [9.17, 15) is 5.11 Å². The maximum Gasteiger partial charge on any atom is 0.120 e. The van der Waals surface area contributed by atoms with Gasteiger partial charge >= 0.3 is 0 Å². The normalized spacial score (nSPS) is 23.8. The van der Waals surface area contributed by atoms with E-state index in [0.717, 1.165) is 30.8 Å². The summed E-state index contributed by atoms with van der Waals surface area (Å²) in [6.45, 7) is 2.31. The fourth-order valence-corrected chi connectivity index (χ4v) is 5.46. The van der Waals surface area contributed by atoms with Gasteiger partial charge in [-0.15, -0.1) is 0 Å². The second-order valence-corrected chi connectivity index (χ2v) is 9.31. The first kappa shape index (κ1) is 21.2. The van der Waals surface area contributed by atoms with Crippen molar-refractivity contribution in [2.45, 2.75) is 56.8 Å². The fraction of sp³-hybridized carbons (Fsp3) is 0.379. The summed E-state index contributed by atoms with van der Waals surface area (Å²) < 4.78 is 6.04. The van der Waals surface area contributed by atoms with E-state index in [1.807, 2.05) is 24.3 Å². The zero-order chi connectivity index (χ0) is 21.8. The molecule has 166 valence electrons. The van der Waals surface area contributed by atoms with Gasteiger partial charge in [-0.3, -0.25) is 4.90 Å². The van der Waals surface area contributed by atoms with Crippen molar-refractivity contribution in [1.29, 1.82) is 0 Å². The molecular weight excluding hydrogens is 394 g/mol. The monoisotopic (exact) mass is 427 g/mol. The summed E-state index contributed by atoms with van der Waals surface area (Å²) in [5.74, 6) is 1.57. The molecule has 1 unspecified atom stereocenters. The van der Waals surface area contributed by atoms with E-state index in [4.69, 9.17) is 4.74 Å². The molecule has 32 heavy (non-hydrogen) atoms. The van der Waals surface area contributed by atoms with Crippen molar-refractivity contribution in [2.75, 3.05) is 13.1 Å². The van der Waals surface area contributed by atoms with Gasteiger partial charge in [-0.25, -0.2) is 0 Å². The van der Waals surface area contributed by atoms with Gasteiger partial charge in [-0.05, 0) is 72.4 Å². The van der Waals surface area contributed by atoms with Crippen LogP contribution in [0.3, 0.4) is 0 Å². The molecule has 0 spiro atoms. The molecule has 1 heterocycles. The van der Waals surface area contributed by atoms with E-state index >= 15 is 0 Å². The molecule has 1 aliphatic carbocycles. The second-order valence-electron chi connectivity index (χ2n) is 9.31. The van der Waals surface area contributed by atoms with Gasteiger partial charge < -0.3 is 9.84 Å². The number of hydrogen-bond acceptors (Lipinski definition) is 3. The molecule has 5 rings (SSSR count). The SMILES string of the molecule is OC1CN([C@H]2CC[C@@H](c3ccccc3)CC2)CCc2cc(OCc3ccccc3)ccc21. The average Bonchev–Trinajstić information content (AvgIpc) is 3.02. The molecule has 3 heteroatoms. The van der Waals surface area contributed by atoms with Gasteiger partial charge in [0.15, 0.2) is 0 Å². The van der Waals surface area contributed by atoms with E-state index < -0.39 is 6.10 Å². The molecular formula is C29H33NO2. The zero-order valence-electron chi connectivity index (χ0n) is 18.7. The summed E-state index contributed by atoms with van der Waals surface area (Å²) >= 11 is 0. The highest BCUT2D eigenvalue weighted by Crippen LogP contribution is 2.36. The van der Waals surface area contributed by atoms with Gasteiger partial charge in [0.05, 0.1) is 6.10 Å². The van der Waals surface area contributed by atoms with E-state index in [1.165, 1.54) is 42.4 Å². The maximum atomic E-state index is 11.0. The molecule has 0 radical (unpaired) electrons. The summed E-state index contributed by atoms with van der Waals surface area (Å²) in [6, 6.07) is 28.0. The number of aliphatic hydroxyl groups excluding tert-OH is 1.